The van der Waals surface area contributed by atoms with Gasteiger partial charge >= 0.3 is 0 Å². The van der Waals surface area contributed by atoms with Crippen molar-refractivity contribution < 1.29 is 9.18 Å². The van der Waals surface area contributed by atoms with Crippen molar-refractivity contribution in [3.63, 3.8) is 0 Å². The molecule has 0 saturated heterocycles. The first-order valence-electron chi connectivity index (χ1n) is 9.73. The van der Waals surface area contributed by atoms with Crippen molar-refractivity contribution >= 4 is 28.6 Å². The molecular weight excluding hydrogens is 389 g/mol. The minimum Gasteiger partial charge on any atom is -0.355 e. The molecule has 1 N–H and O–H groups in total. The van der Waals surface area contributed by atoms with Crippen LogP contribution in [0.15, 0.2) is 58.5 Å². The summed E-state index contributed by atoms with van der Waals surface area (Å²) in [5.41, 5.74) is 1.58. The zero-order valence-corrected chi connectivity index (χ0v) is 16.9. The van der Waals surface area contributed by atoms with Crippen molar-refractivity contribution in [1.82, 2.24) is 14.9 Å². The Kier molecular flexibility index (Phi) is 5.67. The number of nitrogens with one attached hydrogen (secondary N) is 1. The van der Waals surface area contributed by atoms with Crippen molar-refractivity contribution in [2.75, 3.05) is 6.54 Å². The van der Waals surface area contributed by atoms with Crippen LogP contribution in [0.1, 0.15) is 31.4 Å². The lowest BCUT2D eigenvalue weighted by Gasteiger charge is -2.16. The van der Waals surface area contributed by atoms with E-state index >= 15 is 0 Å². The number of carbonyl (C=O) groups is 1. The van der Waals surface area contributed by atoms with E-state index in [1.165, 1.54) is 23.9 Å². The first kappa shape index (κ1) is 19.6. The summed E-state index contributed by atoms with van der Waals surface area (Å²) in [6.45, 7) is 2.28. The molecule has 29 heavy (non-hydrogen) atoms. The number of amides is 1. The SMILES string of the molecule is C[C@@H](Sc1nc2ccccc2c(=O)n1C1CC1)C(=O)NCCc1ccc(F)cc1. The van der Waals surface area contributed by atoms with E-state index in [1.54, 1.807) is 22.8 Å². The summed E-state index contributed by atoms with van der Waals surface area (Å²) in [4.78, 5) is 30.1. The van der Waals surface area contributed by atoms with Gasteiger partial charge in [0, 0.05) is 12.6 Å². The molecule has 1 amide bonds. The third kappa shape index (κ3) is 4.50. The molecule has 3 aromatic rings. The van der Waals surface area contributed by atoms with Gasteiger partial charge in [-0.1, -0.05) is 36.0 Å². The molecule has 1 aliphatic carbocycles. The van der Waals surface area contributed by atoms with E-state index in [4.69, 9.17) is 0 Å². The summed E-state index contributed by atoms with van der Waals surface area (Å²) in [6, 6.07) is 13.8. The van der Waals surface area contributed by atoms with Gasteiger partial charge in [-0.15, -0.1) is 0 Å². The highest BCUT2D eigenvalue weighted by molar-refractivity contribution is 8.00. The van der Waals surface area contributed by atoms with Crippen LogP contribution < -0.4 is 10.9 Å². The van der Waals surface area contributed by atoms with Gasteiger partial charge in [-0.2, -0.15) is 0 Å². The molecule has 1 aliphatic rings. The van der Waals surface area contributed by atoms with Gasteiger partial charge in [0.15, 0.2) is 5.16 Å². The molecule has 0 spiro atoms. The number of hydrogen-bond acceptors (Lipinski definition) is 4. The number of hydrogen-bond donors (Lipinski definition) is 1. The van der Waals surface area contributed by atoms with Crippen LogP contribution in [-0.4, -0.2) is 27.3 Å². The number of nitrogens with zero attached hydrogens (tertiary/aromatic N) is 2. The largest absolute Gasteiger partial charge is 0.355 e. The number of thioether (sulfide) groups is 1. The van der Waals surface area contributed by atoms with Gasteiger partial charge in [-0.05, 0) is 56.0 Å². The second kappa shape index (κ2) is 8.37. The molecule has 0 radical (unpaired) electrons. The highest BCUT2D eigenvalue weighted by Gasteiger charge is 2.30. The van der Waals surface area contributed by atoms with Gasteiger partial charge in [-0.3, -0.25) is 14.2 Å². The fraction of sp³-hybridized carbons (Fsp3) is 0.318. The molecule has 1 atom stereocenters. The zero-order valence-electron chi connectivity index (χ0n) is 16.1. The van der Waals surface area contributed by atoms with Crippen molar-refractivity contribution in [2.45, 2.75) is 42.6 Å². The van der Waals surface area contributed by atoms with E-state index in [2.05, 4.69) is 10.3 Å². The quantitative estimate of drug-likeness (QED) is 0.476. The molecule has 0 bridgehead atoms. The molecule has 4 rings (SSSR count). The number of aromatic nitrogens is 2. The lowest BCUT2D eigenvalue weighted by atomic mass is 10.1. The minimum absolute atomic E-state index is 0.0375. The van der Waals surface area contributed by atoms with Crippen LogP contribution in [0.25, 0.3) is 10.9 Å². The van der Waals surface area contributed by atoms with Gasteiger partial charge < -0.3 is 5.32 Å². The molecule has 1 aromatic heterocycles. The Labute approximate surface area is 172 Å². The van der Waals surface area contributed by atoms with Gasteiger partial charge in [0.2, 0.25) is 5.91 Å². The first-order valence-corrected chi connectivity index (χ1v) is 10.6. The summed E-state index contributed by atoms with van der Waals surface area (Å²) in [6.07, 6.45) is 2.56. The first-order chi connectivity index (χ1) is 14.0. The summed E-state index contributed by atoms with van der Waals surface area (Å²) in [5, 5.41) is 3.73. The van der Waals surface area contributed by atoms with Crippen molar-refractivity contribution in [2.24, 2.45) is 0 Å². The fourth-order valence-electron chi connectivity index (χ4n) is 3.20. The third-order valence-corrected chi connectivity index (χ3v) is 6.03. The maximum atomic E-state index is 13.0. The van der Waals surface area contributed by atoms with Crippen LogP contribution in [0.3, 0.4) is 0 Å². The second-order valence-electron chi connectivity index (χ2n) is 7.25. The van der Waals surface area contributed by atoms with E-state index in [0.29, 0.717) is 29.0 Å². The van der Waals surface area contributed by atoms with Crippen LogP contribution in [0.4, 0.5) is 4.39 Å². The van der Waals surface area contributed by atoms with E-state index in [9.17, 15) is 14.0 Å². The standard InChI is InChI=1S/C22H22FN3O2S/c1-14(20(27)24-13-12-15-6-8-16(23)9-7-15)29-22-25-19-5-3-2-4-18(19)21(28)26(22)17-10-11-17/h2-9,14,17H,10-13H2,1H3,(H,24,27)/t14-/m1/s1. The smallest absolute Gasteiger partial charge is 0.262 e. The Morgan fingerprint density at radius 2 is 1.97 bits per heavy atom. The number of para-hydroxylation sites is 1. The van der Waals surface area contributed by atoms with Crippen LogP contribution in [0, 0.1) is 5.82 Å². The molecule has 7 heteroatoms. The van der Waals surface area contributed by atoms with E-state index in [1.807, 2.05) is 25.1 Å². The third-order valence-electron chi connectivity index (χ3n) is 4.97. The Morgan fingerprint density at radius 1 is 1.24 bits per heavy atom. The molecule has 150 valence electrons. The lowest BCUT2D eigenvalue weighted by Crippen LogP contribution is -2.33. The van der Waals surface area contributed by atoms with Gasteiger partial charge in [0.05, 0.1) is 16.2 Å². The van der Waals surface area contributed by atoms with Crippen molar-refractivity contribution in [3.05, 3.63) is 70.3 Å². The van der Waals surface area contributed by atoms with Gasteiger partial charge in [0.25, 0.3) is 5.56 Å². The molecular formula is C22H22FN3O2S. The van der Waals surface area contributed by atoms with Crippen LogP contribution in [0.5, 0.6) is 0 Å². The Hall–Kier alpha value is -2.67. The average molecular weight is 412 g/mol. The second-order valence-corrected chi connectivity index (χ2v) is 8.55. The van der Waals surface area contributed by atoms with E-state index in [-0.39, 0.29) is 28.6 Å². The number of rotatable bonds is 7. The molecule has 1 fully saturated rings. The monoisotopic (exact) mass is 411 g/mol. The van der Waals surface area contributed by atoms with E-state index < -0.39 is 0 Å². The van der Waals surface area contributed by atoms with Crippen LogP contribution in [-0.2, 0) is 11.2 Å². The van der Waals surface area contributed by atoms with Crippen molar-refractivity contribution in [1.29, 1.82) is 0 Å². The summed E-state index contributed by atoms with van der Waals surface area (Å²) in [7, 11) is 0. The molecule has 2 aromatic carbocycles. The average Bonchev–Trinajstić information content (AvgIpc) is 3.54. The normalized spacial score (nSPS) is 14.7. The minimum atomic E-state index is -0.388. The Bertz CT molecular complexity index is 1090. The van der Waals surface area contributed by atoms with Gasteiger partial charge in [-0.25, -0.2) is 9.37 Å². The summed E-state index contributed by atoms with van der Waals surface area (Å²) < 4.78 is 14.7. The molecule has 1 saturated carbocycles. The highest BCUT2D eigenvalue weighted by Crippen LogP contribution is 2.37. The zero-order chi connectivity index (χ0) is 20.4. The number of carbonyl (C=O) groups excluding carboxylic acids is 1. The van der Waals surface area contributed by atoms with Gasteiger partial charge in [0.1, 0.15) is 5.82 Å². The van der Waals surface area contributed by atoms with Crippen LogP contribution in [0.2, 0.25) is 0 Å². The highest BCUT2D eigenvalue weighted by atomic mass is 32.2. The lowest BCUT2D eigenvalue weighted by molar-refractivity contribution is -0.120. The molecule has 5 nitrogen and oxygen atoms in total. The number of benzene rings is 2. The van der Waals surface area contributed by atoms with Crippen molar-refractivity contribution in [3.8, 4) is 0 Å². The van der Waals surface area contributed by atoms with E-state index in [0.717, 1.165) is 18.4 Å². The maximum absolute atomic E-state index is 13.0. The topological polar surface area (TPSA) is 64.0 Å². The maximum Gasteiger partial charge on any atom is 0.262 e. The molecule has 0 unspecified atom stereocenters. The predicted octanol–water partition coefficient (Wildman–Crippen LogP) is 3.71. The Balaban J connectivity index is 1.44. The molecule has 0 aliphatic heterocycles. The molecule has 1 heterocycles. The predicted molar refractivity (Wildman–Crippen MR) is 113 cm³/mol. The fourth-order valence-corrected chi connectivity index (χ4v) is 4.20. The van der Waals surface area contributed by atoms with Crippen LogP contribution >= 0.6 is 11.8 Å². The number of fused-ring (bicyclic) bond motifs is 1. The summed E-state index contributed by atoms with van der Waals surface area (Å²) >= 11 is 1.31. The number of halogens is 1. The Morgan fingerprint density at radius 3 is 2.69 bits per heavy atom. The summed E-state index contributed by atoms with van der Waals surface area (Å²) in [5.74, 6) is -0.380.